The van der Waals surface area contributed by atoms with E-state index < -0.39 is 0 Å². The highest BCUT2D eigenvalue weighted by atomic mass is 15.3. The fourth-order valence-corrected chi connectivity index (χ4v) is 1.93. The summed E-state index contributed by atoms with van der Waals surface area (Å²) in [7, 11) is 0. The minimum Gasteiger partial charge on any atom is -0.316 e. The van der Waals surface area contributed by atoms with Gasteiger partial charge >= 0.3 is 0 Å². The molecule has 1 aliphatic rings. The molecule has 0 bridgehead atoms. The lowest BCUT2D eigenvalue weighted by molar-refractivity contribution is 0.477. The van der Waals surface area contributed by atoms with E-state index >= 15 is 0 Å². The Morgan fingerprint density at radius 2 is 2.57 bits per heavy atom. The van der Waals surface area contributed by atoms with E-state index in [1.807, 2.05) is 6.20 Å². The van der Waals surface area contributed by atoms with Crippen LogP contribution in [0.3, 0.4) is 0 Å². The van der Waals surface area contributed by atoms with Crippen LogP contribution in [0.5, 0.6) is 0 Å². The first-order valence-corrected chi connectivity index (χ1v) is 5.56. The van der Waals surface area contributed by atoms with Crippen LogP contribution in [-0.4, -0.2) is 22.9 Å². The number of hydrogen-bond donors (Lipinski definition) is 1. The van der Waals surface area contributed by atoms with Gasteiger partial charge in [-0.25, -0.2) is 0 Å². The molecular formula is C11H19N3. The Morgan fingerprint density at radius 1 is 1.71 bits per heavy atom. The zero-order valence-corrected chi connectivity index (χ0v) is 9.03. The van der Waals surface area contributed by atoms with Crippen LogP contribution >= 0.6 is 0 Å². The van der Waals surface area contributed by atoms with Gasteiger partial charge in [-0.1, -0.05) is 6.92 Å². The SMILES string of the molecule is CCC(C)n1cc(C2CCNC2)cn1. The van der Waals surface area contributed by atoms with Crippen LogP contribution in [0, 0.1) is 0 Å². The van der Waals surface area contributed by atoms with Crippen LogP contribution < -0.4 is 5.32 Å². The molecule has 3 nitrogen and oxygen atoms in total. The molecule has 0 saturated carbocycles. The first-order chi connectivity index (χ1) is 6.81. The van der Waals surface area contributed by atoms with Crippen LogP contribution in [0.4, 0.5) is 0 Å². The molecule has 1 aromatic heterocycles. The van der Waals surface area contributed by atoms with Crippen molar-refractivity contribution in [3.8, 4) is 0 Å². The number of nitrogens with one attached hydrogen (secondary N) is 1. The van der Waals surface area contributed by atoms with Crippen molar-refractivity contribution >= 4 is 0 Å². The second kappa shape index (κ2) is 4.13. The van der Waals surface area contributed by atoms with Gasteiger partial charge in [-0.3, -0.25) is 4.68 Å². The number of nitrogens with zero attached hydrogens (tertiary/aromatic N) is 2. The molecule has 2 atom stereocenters. The van der Waals surface area contributed by atoms with E-state index in [2.05, 4.69) is 35.1 Å². The molecule has 78 valence electrons. The third-order valence-electron chi connectivity index (χ3n) is 3.20. The van der Waals surface area contributed by atoms with Gasteiger partial charge in [-0.15, -0.1) is 0 Å². The molecule has 1 aliphatic heterocycles. The summed E-state index contributed by atoms with van der Waals surface area (Å²) in [6.45, 7) is 6.68. The maximum atomic E-state index is 4.42. The smallest absolute Gasteiger partial charge is 0.0525 e. The third kappa shape index (κ3) is 1.82. The Kier molecular flexibility index (Phi) is 2.87. The quantitative estimate of drug-likeness (QED) is 0.795. The molecule has 0 spiro atoms. The lowest BCUT2D eigenvalue weighted by atomic mass is 10.0. The summed E-state index contributed by atoms with van der Waals surface area (Å²) in [5, 5.41) is 7.81. The molecule has 0 aliphatic carbocycles. The van der Waals surface area contributed by atoms with Crippen molar-refractivity contribution in [2.75, 3.05) is 13.1 Å². The highest BCUT2D eigenvalue weighted by Gasteiger charge is 2.18. The zero-order chi connectivity index (χ0) is 9.97. The van der Waals surface area contributed by atoms with Crippen molar-refractivity contribution in [2.45, 2.75) is 38.6 Å². The fourth-order valence-electron chi connectivity index (χ4n) is 1.93. The van der Waals surface area contributed by atoms with Gasteiger partial charge < -0.3 is 5.32 Å². The highest BCUT2D eigenvalue weighted by Crippen LogP contribution is 2.22. The molecule has 0 amide bonds. The molecule has 1 N–H and O–H groups in total. The van der Waals surface area contributed by atoms with E-state index in [0.717, 1.165) is 19.5 Å². The van der Waals surface area contributed by atoms with E-state index in [4.69, 9.17) is 0 Å². The normalized spacial score (nSPS) is 24.0. The van der Waals surface area contributed by atoms with Crippen molar-refractivity contribution in [2.24, 2.45) is 0 Å². The van der Waals surface area contributed by atoms with Gasteiger partial charge in [-0.05, 0) is 31.9 Å². The second-order valence-corrected chi connectivity index (χ2v) is 4.20. The van der Waals surface area contributed by atoms with Gasteiger partial charge in [0.2, 0.25) is 0 Å². The van der Waals surface area contributed by atoms with Crippen LogP contribution in [0.15, 0.2) is 12.4 Å². The third-order valence-corrected chi connectivity index (χ3v) is 3.20. The maximum absolute atomic E-state index is 4.42. The standard InChI is InChI=1S/C11H19N3/c1-3-9(2)14-8-11(7-13-14)10-4-5-12-6-10/h7-10,12H,3-6H2,1-2H3. The summed E-state index contributed by atoms with van der Waals surface area (Å²) in [6, 6.07) is 0.526. The highest BCUT2D eigenvalue weighted by molar-refractivity contribution is 5.13. The zero-order valence-electron chi connectivity index (χ0n) is 9.03. The van der Waals surface area contributed by atoms with Gasteiger partial charge in [0, 0.05) is 24.7 Å². The molecule has 0 radical (unpaired) electrons. The molecule has 14 heavy (non-hydrogen) atoms. The van der Waals surface area contributed by atoms with Crippen LogP contribution in [0.2, 0.25) is 0 Å². The van der Waals surface area contributed by atoms with Crippen molar-refractivity contribution in [1.29, 1.82) is 0 Å². The molecule has 1 aromatic rings. The summed E-state index contributed by atoms with van der Waals surface area (Å²) in [4.78, 5) is 0. The Bertz CT molecular complexity index is 286. The average Bonchev–Trinajstić information content (AvgIpc) is 2.86. The average molecular weight is 193 g/mol. The summed E-state index contributed by atoms with van der Waals surface area (Å²) < 4.78 is 2.09. The lowest BCUT2D eigenvalue weighted by Gasteiger charge is -2.08. The van der Waals surface area contributed by atoms with Crippen LogP contribution in [0.1, 0.15) is 44.2 Å². The largest absolute Gasteiger partial charge is 0.316 e. The topological polar surface area (TPSA) is 29.9 Å². The summed E-state index contributed by atoms with van der Waals surface area (Å²) in [5.74, 6) is 0.688. The van der Waals surface area contributed by atoms with Gasteiger partial charge in [-0.2, -0.15) is 5.10 Å². The first kappa shape index (κ1) is 9.71. The van der Waals surface area contributed by atoms with E-state index in [1.165, 1.54) is 12.0 Å². The molecule has 2 rings (SSSR count). The van der Waals surface area contributed by atoms with E-state index in [0.29, 0.717) is 12.0 Å². The maximum Gasteiger partial charge on any atom is 0.0525 e. The molecule has 1 saturated heterocycles. The summed E-state index contributed by atoms with van der Waals surface area (Å²) in [6.07, 6.45) is 6.64. The number of aromatic nitrogens is 2. The van der Waals surface area contributed by atoms with Crippen molar-refractivity contribution < 1.29 is 0 Å². The number of hydrogen-bond acceptors (Lipinski definition) is 2. The molecule has 3 heteroatoms. The van der Waals surface area contributed by atoms with Crippen LogP contribution in [-0.2, 0) is 0 Å². The van der Waals surface area contributed by atoms with Gasteiger partial charge in [0.1, 0.15) is 0 Å². The van der Waals surface area contributed by atoms with Gasteiger partial charge in [0.05, 0.1) is 6.20 Å². The molecule has 0 aromatic carbocycles. The van der Waals surface area contributed by atoms with E-state index in [-0.39, 0.29) is 0 Å². The second-order valence-electron chi connectivity index (χ2n) is 4.20. The Hall–Kier alpha value is -0.830. The van der Waals surface area contributed by atoms with Crippen molar-refractivity contribution in [3.05, 3.63) is 18.0 Å². The predicted molar refractivity (Wildman–Crippen MR) is 57.5 cm³/mol. The minimum atomic E-state index is 0.526. The summed E-state index contributed by atoms with van der Waals surface area (Å²) in [5.41, 5.74) is 1.40. The monoisotopic (exact) mass is 193 g/mol. The molecule has 2 unspecified atom stereocenters. The molecule has 1 fully saturated rings. The minimum absolute atomic E-state index is 0.526. The fraction of sp³-hybridized carbons (Fsp3) is 0.727. The van der Waals surface area contributed by atoms with E-state index in [1.54, 1.807) is 0 Å². The van der Waals surface area contributed by atoms with Gasteiger partial charge in [0.25, 0.3) is 0 Å². The Morgan fingerprint density at radius 3 is 3.21 bits per heavy atom. The Labute approximate surface area is 85.5 Å². The lowest BCUT2D eigenvalue weighted by Crippen LogP contribution is -2.07. The van der Waals surface area contributed by atoms with Crippen molar-refractivity contribution in [3.63, 3.8) is 0 Å². The molecular weight excluding hydrogens is 174 g/mol. The summed E-state index contributed by atoms with van der Waals surface area (Å²) >= 11 is 0. The van der Waals surface area contributed by atoms with Crippen LogP contribution in [0.25, 0.3) is 0 Å². The number of rotatable bonds is 3. The van der Waals surface area contributed by atoms with Crippen molar-refractivity contribution in [1.82, 2.24) is 15.1 Å². The van der Waals surface area contributed by atoms with E-state index in [9.17, 15) is 0 Å². The predicted octanol–water partition coefficient (Wildman–Crippen LogP) is 1.93. The van der Waals surface area contributed by atoms with Gasteiger partial charge in [0.15, 0.2) is 0 Å². The first-order valence-electron chi connectivity index (χ1n) is 5.56. The Balaban J connectivity index is 2.08. The molecule has 2 heterocycles.